The predicted octanol–water partition coefficient (Wildman–Crippen LogP) is 2.55. The number of aromatic nitrogens is 3. The molecule has 1 atom stereocenters. The number of ether oxygens (including phenoxy) is 1. The number of benzene rings is 1. The number of amides is 1. The third kappa shape index (κ3) is 4.26. The fraction of sp³-hybridized carbons (Fsp3) is 0.333. The van der Waals surface area contributed by atoms with Gasteiger partial charge in [0.1, 0.15) is 6.04 Å². The van der Waals surface area contributed by atoms with Crippen molar-refractivity contribution in [1.29, 1.82) is 0 Å². The monoisotopic (exact) mass is 372 g/mol. The summed E-state index contributed by atoms with van der Waals surface area (Å²) in [7, 11) is 0. The minimum absolute atomic E-state index is 0.237. The lowest BCUT2D eigenvalue weighted by atomic mass is 10.2. The first-order valence-corrected chi connectivity index (χ1v) is 9.08. The number of imidazole rings is 1. The molecular formula is C18H20N4O3S. The topological polar surface area (TPSA) is 86.1 Å². The van der Waals surface area contributed by atoms with Gasteiger partial charge < -0.3 is 14.6 Å². The van der Waals surface area contributed by atoms with E-state index in [9.17, 15) is 9.59 Å². The van der Waals surface area contributed by atoms with Crippen LogP contribution in [0.25, 0.3) is 10.2 Å². The smallest absolute Gasteiger partial charge is 0.330 e. The van der Waals surface area contributed by atoms with Crippen molar-refractivity contribution < 1.29 is 14.3 Å². The average molecular weight is 372 g/mol. The van der Waals surface area contributed by atoms with Gasteiger partial charge in [-0.1, -0.05) is 6.07 Å². The normalized spacial score (nSPS) is 12.3. The van der Waals surface area contributed by atoms with Crippen molar-refractivity contribution in [3.63, 3.8) is 0 Å². The number of nitrogens with one attached hydrogen (secondary N) is 1. The van der Waals surface area contributed by atoms with Crippen molar-refractivity contribution in [1.82, 2.24) is 19.9 Å². The van der Waals surface area contributed by atoms with Crippen LogP contribution in [0.2, 0.25) is 0 Å². The first kappa shape index (κ1) is 18.1. The Morgan fingerprint density at radius 2 is 2.15 bits per heavy atom. The molecule has 0 saturated heterocycles. The fourth-order valence-corrected chi connectivity index (χ4v) is 3.42. The molecule has 0 fully saturated rings. The number of hydrogen-bond donors (Lipinski definition) is 1. The molecular weight excluding hydrogens is 352 g/mol. The van der Waals surface area contributed by atoms with E-state index in [2.05, 4.69) is 15.3 Å². The molecule has 0 aliphatic rings. The maximum atomic E-state index is 12.6. The maximum Gasteiger partial charge on any atom is 0.330 e. The summed E-state index contributed by atoms with van der Waals surface area (Å²) >= 11 is 1.30. The van der Waals surface area contributed by atoms with E-state index in [0.717, 1.165) is 15.8 Å². The van der Waals surface area contributed by atoms with E-state index in [0.29, 0.717) is 5.01 Å². The summed E-state index contributed by atoms with van der Waals surface area (Å²) in [6, 6.07) is 4.99. The standard InChI is InChI=1S/C18H20N4O3S/c1-11(2)25-18(24)14(9-22-7-6-19-10-22)20-16(23)17-21-13-5-4-12(3)8-15(13)26-17/h4-8,10-11,14H,9H2,1-3H3,(H,20,23). The third-order valence-corrected chi connectivity index (χ3v) is 4.65. The summed E-state index contributed by atoms with van der Waals surface area (Å²) in [4.78, 5) is 33.3. The number of esters is 1. The maximum absolute atomic E-state index is 12.6. The van der Waals surface area contributed by atoms with Gasteiger partial charge in [-0.3, -0.25) is 4.79 Å². The van der Waals surface area contributed by atoms with Gasteiger partial charge in [-0.05, 0) is 38.5 Å². The second-order valence-electron chi connectivity index (χ2n) is 6.26. The number of carbonyl (C=O) groups is 2. The van der Waals surface area contributed by atoms with Crippen molar-refractivity contribution in [3.05, 3.63) is 47.5 Å². The largest absolute Gasteiger partial charge is 0.461 e. The molecule has 8 heteroatoms. The van der Waals surface area contributed by atoms with Crippen molar-refractivity contribution in [2.75, 3.05) is 0 Å². The van der Waals surface area contributed by atoms with Crippen molar-refractivity contribution in [2.24, 2.45) is 0 Å². The minimum Gasteiger partial charge on any atom is -0.461 e. The molecule has 136 valence electrons. The highest BCUT2D eigenvalue weighted by atomic mass is 32.1. The number of thiazole rings is 1. The Bertz CT molecular complexity index is 918. The van der Waals surface area contributed by atoms with E-state index in [1.807, 2.05) is 25.1 Å². The molecule has 0 aliphatic heterocycles. The van der Waals surface area contributed by atoms with Gasteiger partial charge in [0.05, 0.1) is 29.2 Å². The van der Waals surface area contributed by atoms with Crippen molar-refractivity contribution in [2.45, 2.75) is 39.5 Å². The SMILES string of the molecule is Cc1ccc2nc(C(=O)NC(Cn3ccnc3)C(=O)OC(C)C)sc2c1. The molecule has 0 bridgehead atoms. The number of fused-ring (bicyclic) bond motifs is 1. The molecule has 3 aromatic rings. The van der Waals surface area contributed by atoms with Crippen LogP contribution in [0.15, 0.2) is 36.9 Å². The molecule has 0 spiro atoms. The molecule has 1 N–H and O–H groups in total. The first-order chi connectivity index (χ1) is 12.4. The molecule has 0 saturated carbocycles. The van der Waals surface area contributed by atoms with E-state index in [-0.39, 0.29) is 12.6 Å². The van der Waals surface area contributed by atoms with Crippen LogP contribution in [0.5, 0.6) is 0 Å². The first-order valence-electron chi connectivity index (χ1n) is 8.26. The number of rotatable bonds is 6. The summed E-state index contributed by atoms with van der Waals surface area (Å²) in [5.74, 6) is -0.881. The molecule has 2 aromatic heterocycles. The molecule has 1 unspecified atom stereocenters. The molecule has 3 rings (SSSR count). The third-order valence-electron chi connectivity index (χ3n) is 3.63. The molecule has 2 heterocycles. The lowest BCUT2D eigenvalue weighted by Crippen LogP contribution is -2.45. The summed E-state index contributed by atoms with van der Waals surface area (Å²) in [5, 5.41) is 3.06. The van der Waals surface area contributed by atoms with E-state index in [4.69, 9.17) is 4.74 Å². The molecule has 26 heavy (non-hydrogen) atoms. The lowest BCUT2D eigenvalue weighted by molar-refractivity contribution is -0.150. The van der Waals surface area contributed by atoms with Gasteiger partial charge in [-0.2, -0.15) is 0 Å². The van der Waals surface area contributed by atoms with E-state index in [1.165, 1.54) is 11.3 Å². The second kappa shape index (κ2) is 7.65. The van der Waals surface area contributed by atoms with Crippen LogP contribution >= 0.6 is 11.3 Å². The molecule has 0 aliphatic carbocycles. The van der Waals surface area contributed by atoms with Gasteiger partial charge >= 0.3 is 5.97 Å². The highest BCUT2D eigenvalue weighted by Gasteiger charge is 2.25. The molecule has 1 amide bonds. The fourth-order valence-electron chi connectivity index (χ4n) is 2.45. The van der Waals surface area contributed by atoms with Crippen LogP contribution in [0, 0.1) is 6.92 Å². The van der Waals surface area contributed by atoms with Gasteiger partial charge in [0.2, 0.25) is 0 Å². The van der Waals surface area contributed by atoms with Crippen LogP contribution in [0.4, 0.5) is 0 Å². The minimum atomic E-state index is -0.826. The Kier molecular flexibility index (Phi) is 5.32. The Balaban J connectivity index is 1.79. The van der Waals surface area contributed by atoms with Gasteiger partial charge in [-0.25, -0.2) is 14.8 Å². The number of carbonyl (C=O) groups excluding carboxylic acids is 2. The molecule has 1 aromatic carbocycles. The van der Waals surface area contributed by atoms with Gasteiger partial charge in [-0.15, -0.1) is 11.3 Å². The zero-order valence-electron chi connectivity index (χ0n) is 14.8. The summed E-state index contributed by atoms with van der Waals surface area (Å²) in [6.07, 6.45) is 4.66. The zero-order valence-corrected chi connectivity index (χ0v) is 15.6. The van der Waals surface area contributed by atoms with Gasteiger partial charge in [0.15, 0.2) is 5.01 Å². The summed E-state index contributed by atoms with van der Waals surface area (Å²) in [6.45, 7) is 5.76. The quantitative estimate of drug-likeness (QED) is 0.672. The zero-order chi connectivity index (χ0) is 18.7. The highest BCUT2D eigenvalue weighted by Crippen LogP contribution is 2.23. The van der Waals surface area contributed by atoms with Crippen LogP contribution in [0.1, 0.15) is 29.2 Å². The van der Waals surface area contributed by atoms with Crippen LogP contribution in [-0.2, 0) is 16.1 Å². The average Bonchev–Trinajstić information content (AvgIpc) is 3.22. The second-order valence-corrected chi connectivity index (χ2v) is 7.29. The van der Waals surface area contributed by atoms with E-state index in [1.54, 1.807) is 37.1 Å². The van der Waals surface area contributed by atoms with Crippen molar-refractivity contribution in [3.8, 4) is 0 Å². The van der Waals surface area contributed by atoms with E-state index < -0.39 is 17.9 Å². The number of hydrogen-bond acceptors (Lipinski definition) is 6. The van der Waals surface area contributed by atoms with Gasteiger partial charge in [0.25, 0.3) is 5.91 Å². The highest BCUT2D eigenvalue weighted by molar-refractivity contribution is 7.20. The van der Waals surface area contributed by atoms with Crippen LogP contribution in [0.3, 0.4) is 0 Å². The molecule has 0 radical (unpaired) electrons. The van der Waals surface area contributed by atoms with Crippen molar-refractivity contribution >= 4 is 33.4 Å². The lowest BCUT2D eigenvalue weighted by Gasteiger charge is -2.19. The number of nitrogens with zero attached hydrogens (tertiary/aromatic N) is 3. The number of aryl methyl sites for hydroxylation is 1. The molecule has 7 nitrogen and oxygen atoms in total. The van der Waals surface area contributed by atoms with Crippen LogP contribution in [-0.4, -0.2) is 38.6 Å². The summed E-state index contributed by atoms with van der Waals surface area (Å²) < 4.78 is 7.92. The summed E-state index contributed by atoms with van der Waals surface area (Å²) in [5.41, 5.74) is 1.87. The Labute approximate surface area is 155 Å². The predicted molar refractivity (Wildman–Crippen MR) is 99.1 cm³/mol. The van der Waals surface area contributed by atoms with Crippen LogP contribution < -0.4 is 5.32 Å². The Morgan fingerprint density at radius 1 is 1.35 bits per heavy atom. The Hall–Kier alpha value is -2.74. The van der Waals surface area contributed by atoms with E-state index >= 15 is 0 Å². The van der Waals surface area contributed by atoms with Gasteiger partial charge in [0, 0.05) is 12.4 Å². The Morgan fingerprint density at radius 3 is 2.85 bits per heavy atom.